The Balaban J connectivity index is 2.05. The number of oxazole rings is 1. The summed E-state index contributed by atoms with van der Waals surface area (Å²) in [6.07, 6.45) is 1.67. The van der Waals surface area contributed by atoms with E-state index in [9.17, 15) is 4.79 Å². The highest BCUT2D eigenvalue weighted by atomic mass is 16.3. The Labute approximate surface area is 104 Å². The molecule has 1 heterocycles. The van der Waals surface area contributed by atoms with Gasteiger partial charge in [-0.3, -0.25) is 4.79 Å². The van der Waals surface area contributed by atoms with Gasteiger partial charge >= 0.3 is 0 Å². The zero-order valence-electron chi connectivity index (χ0n) is 9.80. The molecule has 0 aliphatic heterocycles. The Bertz CT molecular complexity index is 593. The van der Waals surface area contributed by atoms with Crippen LogP contribution in [0.3, 0.4) is 0 Å². The van der Waals surface area contributed by atoms with Crippen LogP contribution in [0, 0.1) is 18.3 Å². The number of carbonyl (C=O) groups is 1. The molecule has 2 rings (SSSR count). The molecule has 90 valence electrons. The van der Waals surface area contributed by atoms with Crippen molar-refractivity contribution < 1.29 is 9.21 Å². The molecule has 0 spiro atoms. The van der Waals surface area contributed by atoms with Gasteiger partial charge in [0.25, 0.3) is 5.91 Å². The average Bonchev–Trinajstić information content (AvgIpc) is 2.79. The lowest BCUT2D eigenvalue weighted by Gasteiger charge is -2.03. The number of aromatic nitrogens is 1. The molecule has 5 nitrogen and oxygen atoms in total. The topological polar surface area (TPSA) is 78.9 Å². The number of amides is 1. The summed E-state index contributed by atoms with van der Waals surface area (Å²) in [5.74, 6) is 0.129. The summed E-state index contributed by atoms with van der Waals surface area (Å²) in [7, 11) is 0. The Morgan fingerprint density at radius 2 is 2.17 bits per heavy atom. The van der Waals surface area contributed by atoms with E-state index in [-0.39, 0.29) is 11.6 Å². The Morgan fingerprint density at radius 1 is 1.44 bits per heavy atom. The molecule has 1 N–H and O–H groups in total. The van der Waals surface area contributed by atoms with Crippen molar-refractivity contribution >= 4 is 11.6 Å². The summed E-state index contributed by atoms with van der Waals surface area (Å²) in [5.41, 5.74) is 1.81. The lowest BCUT2D eigenvalue weighted by molar-refractivity contribution is 0.102. The number of nitrogens with zero attached hydrogens (tertiary/aromatic N) is 2. The monoisotopic (exact) mass is 241 g/mol. The van der Waals surface area contributed by atoms with Crippen molar-refractivity contribution in [1.82, 2.24) is 4.98 Å². The molecule has 5 heteroatoms. The van der Waals surface area contributed by atoms with Crippen LogP contribution in [-0.2, 0) is 6.42 Å². The third kappa shape index (κ3) is 2.74. The van der Waals surface area contributed by atoms with Gasteiger partial charge in [0, 0.05) is 12.6 Å². The van der Waals surface area contributed by atoms with Crippen molar-refractivity contribution in [3.8, 4) is 6.07 Å². The predicted molar refractivity (Wildman–Crippen MR) is 65.0 cm³/mol. The number of anilines is 1. The molecule has 0 aliphatic carbocycles. The van der Waals surface area contributed by atoms with Gasteiger partial charge in [0.15, 0.2) is 11.6 Å². The molecule has 0 radical (unpaired) electrons. The summed E-state index contributed by atoms with van der Waals surface area (Å²) in [5, 5.41) is 11.2. The molecule has 0 aliphatic rings. The fourth-order valence-corrected chi connectivity index (χ4v) is 1.46. The number of nitrogens with one attached hydrogen (secondary N) is 1. The summed E-state index contributed by atoms with van der Waals surface area (Å²) in [6, 6.07) is 9.16. The van der Waals surface area contributed by atoms with Crippen LogP contribution in [0.25, 0.3) is 0 Å². The van der Waals surface area contributed by atoms with E-state index in [0.29, 0.717) is 18.0 Å². The first kappa shape index (κ1) is 11.9. The minimum atomic E-state index is -0.320. The first-order valence-corrected chi connectivity index (χ1v) is 5.38. The number of carbonyl (C=O) groups excluding carboxylic acids is 1. The van der Waals surface area contributed by atoms with Crippen LogP contribution < -0.4 is 5.32 Å². The molecule has 0 saturated carbocycles. The highest BCUT2D eigenvalue weighted by Gasteiger charge is 2.10. The third-order valence-corrected chi connectivity index (χ3v) is 2.35. The molecule has 0 saturated heterocycles. The maximum Gasteiger partial charge on any atom is 0.277 e. The Morgan fingerprint density at radius 3 is 2.72 bits per heavy atom. The van der Waals surface area contributed by atoms with Gasteiger partial charge in [-0.2, -0.15) is 5.26 Å². The summed E-state index contributed by atoms with van der Waals surface area (Å²) in [4.78, 5) is 15.7. The van der Waals surface area contributed by atoms with E-state index in [1.807, 2.05) is 0 Å². The standard InChI is InChI=1S/C13H11N3O2/c1-9-15-12(8-18-9)13(17)16-11-4-2-10(3-5-11)6-7-14/h2-5,8H,6H2,1H3,(H,16,17). The number of aryl methyl sites for hydroxylation is 1. The van der Waals surface area contributed by atoms with E-state index in [1.54, 1.807) is 31.2 Å². The average molecular weight is 241 g/mol. The van der Waals surface area contributed by atoms with Crippen LogP contribution in [0.2, 0.25) is 0 Å². The molecule has 18 heavy (non-hydrogen) atoms. The number of hydrogen-bond acceptors (Lipinski definition) is 4. The summed E-state index contributed by atoms with van der Waals surface area (Å²) >= 11 is 0. The van der Waals surface area contributed by atoms with Gasteiger partial charge in [-0.05, 0) is 17.7 Å². The summed E-state index contributed by atoms with van der Waals surface area (Å²) < 4.78 is 4.97. The van der Waals surface area contributed by atoms with E-state index >= 15 is 0 Å². The second-order valence-corrected chi connectivity index (χ2v) is 3.74. The van der Waals surface area contributed by atoms with Gasteiger partial charge < -0.3 is 9.73 Å². The van der Waals surface area contributed by atoms with E-state index in [2.05, 4.69) is 16.4 Å². The van der Waals surface area contributed by atoms with Crippen LogP contribution in [-0.4, -0.2) is 10.9 Å². The van der Waals surface area contributed by atoms with Crippen molar-refractivity contribution in [2.45, 2.75) is 13.3 Å². The van der Waals surface area contributed by atoms with Crippen LogP contribution in [0.5, 0.6) is 0 Å². The molecule has 2 aromatic rings. The quantitative estimate of drug-likeness (QED) is 0.894. The first-order valence-electron chi connectivity index (χ1n) is 5.38. The second-order valence-electron chi connectivity index (χ2n) is 3.74. The van der Waals surface area contributed by atoms with Crippen molar-refractivity contribution in [1.29, 1.82) is 5.26 Å². The minimum Gasteiger partial charge on any atom is -0.448 e. The molecule has 0 bridgehead atoms. The van der Waals surface area contributed by atoms with Crippen molar-refractivity contribution in [3.05, 3.63) is 47.7 Å². The Hall–Kier alpha value is -2.61. The van der Waals surface area contributed by atoms with Crippen LogP contribution in [0.15, 0.2) is 34.9 Å². The molecule has 1 amide bonds. The number of nitriles is 1. The van der Waals surface area contributed by atoms with Crippen LogP contribution >= 0.6 is 0 Å². The molecular weight excluding hydrogens is 230 g/mol. The molecule has 0 unspecified atom stereocenters. The largest absolute Gasteiger partial charge is 0.448 e. The van der Waals surface area contributed by atoms with Gasteiger partial charge in [-0.15, -0.1) is 0 Å². The van der Waals surface area contributed by atoms with Gasteiger partial charge in [0.1, 0.15) is 6.26 Å². The fourth-order valence-electron chi connectivity index (χ4n) is 1.46. The van der Waals surface area contributed by atoms with Gasteiger partial charge in [0.05, 0.1) is 12.5 Å². The van der Waals surface area contributed by atoms with Gasteiger partial charge in [-0.1, -0.05) is 12.1 Å². The van der Waals surface area contributed by atoms with E-state index in [4.69, 9.17) is 9.68 Å². The van der Waals surface area contributed by atoms with Gasteiger partial charge in [-0.25, -0.2) is 4.98 Å². The van der Waals surface area contributed by atoms with E-state index < -0.39 is 0 Å². The maximum atomic E-state index is 11.8. The molecule has 1 aromatic heterocycles. The zero-order valence-corrected chi connectivity index (χ0v) is 9.80. The lowest BCUT2D eigenvalue weighted by Crippen LogP contribution is -2.12. The lowest BCUT2D eigenvalue weighted by atomic mass is 10.1. The van der Waals surface area contributed by atoms with Crippen LogP contribution in [0.4, 0.5) is 5.69 Å². The molecule has 0 atom stereocenters. The minimum absolute atomic E-state index is 0.244. The van der Waals surface area contributed by atoms with E-state index in [0.717, 1.165) is 5.56 Å². The number of hydrogen-bond donors (Lipinski definition) is 1. The van der Waals surface area contributed by atoms with Gasteiger partial charge in [0.2, 0.25) is 0 Å². The number of benzene rings is 1. The molecule has 1 aromatic carbocycles. The van der Waals surface area contributed by atoms with Crippen molar-refractivity contribution in [3.63, 3.8) is 0 Å². The Kier molecular flexibility index (Phi) is 3.39. The highest BCUT2D eigenvalue weighted by Crippen LogP contribution is 2.11. The number of rotatable bonds is 3. The maximum absolute atomic E-state index is 11.8. The predicted octanol–water partition coefficient (Wildman–Crippen LogP) is 2.30. The summed E-state index contributed by atoms with van der Waals surface area (Å²) in [6.45, 7) is 1.67. The zero-order chi connectivity index (χ0) is 13.0. The highest BCUT2D eigenvalue weighted by molar-refractivity contribution is 6.02. The fraction of sp³-hybridized carbons (Fsp3) is 0.154. The van der Waals surface area contributed by atoms with Crippen molar-refractivity contribution in [2.24, 2.45) is 0 Å². The first-order chi connectivity index (χ1) is 8.69. The SMILES string of the molecule is Cc1nc(C(=O)Nc2ccc(CC#N)cc2)co1. The second kappa shape index (κ2) is 5.15. The van der Waals surface area contributed by atoms with Crippen LogP contribution in [0.1, 0.15) is 21.9 Å². The molecular formula is C13H11N3O2. The van der Waals surface area contributed by atoms with Crippen molar-refractivity contribution in [2.75, 3.05) is 5.32 Å². The normalized spacial score (nSPS) is 9.78. The third-order valence-electron chi connectivity index (χ3n) is 2.35. The van der Waals surface area contributed by atoms with E-state index in [1.165, 1.54) is 6.26 Å². The molecule has 0 fully saturated rings. The smallest absolute Gasteiger partial charge is 0.277 e.